The summed E-state index contributed by atoms with van der Waals surface area (Å²) in [5.41, 5.74) is 1.03. The zero-order valence-corrected chi connectivity index (χ0v) is 9.58. The molecule has 0 radical (unpaired) electrons. The molecular weight excluding hydrogens is 190 g/mol. The van der Waals surface area contributed by atoms with Gasteiger partial charge in [0.15, 0.2) is 0 Å². The number of anilines is 1. The van der Waals surface area contributed by atoms with E-state index in [0.29, 0.717) is 0 Å². The van der Waals surface area contributed by atoms with Crippen LogP contribution in [0.15, 0.2) is 18.2 Å². The van der Waals surface area contributed by atoms with Crippen molar-refractivity contribution >= 4 is 5.82 Å². The van der Waals surface area contributed by atoms with E-state index in [0.717, 1.165) is 24.6 Å². The van der Waals surface area contributed by atoms with Crippen LogP contribution in [0.25, 0.3) is 0 Å². The predicted molar refractivity (Wildman–Crippen MR) is 62.0 cm³/mol. The molecule has 0 aliphatic heterocycles. The van der Waals surface area contributed by atoms with Gasteiger partial charge in [0, 0.05) is 20.2 Å². The van der Waals surface area contributed by atoms with E-state index in [1.807, 2.05) is 32.2 Å². The minimum Gasteiger partial charge on any atom is -0.380 e. The molecule has 1 rings (SSSR count). The van der Waals surface area contributed by atoms with E-state index in [2.05, 4.69) is 15.6 Å². The van der Waals surface area contributed by atoms with Crippen LogP contribution >= 0.6 is 0 Å². The predicted octanol–water partition coefficient (Wildman–Crippen LogP) is 1.25. The quantitative estimate of drug-likeness (QED) is 0.740. The number of nitrogens with zero attached hydrogens (tertiary/aromatic N) is 1. The second-order valence-corrected chi connectivity index (χ2v) is 3.47. The average molecular weight is 209 g/mol. The van der Waals surface area contributed by atoms with Gasteiger partial charge in [-0.25, -0.2) is 4.98 Å². The number of ether oxygens (including phenoxy) is 1. The molecule has 0 aliphatic carbocycles. The fourth-order valence-electron chi connectivity index (χ4n) is 1.19. The summed E-state index contributed by atoms with van der Waals surface area (Å²) in [6.07, 6.45) is 0.194. The topological polar surface area (TPSA) is 46.2 Å². The molecular formula is C11H19N3O. The van der Waals surface area contributed by atoms with Gasteiger partial charge < -0.3 is 15.4 Å². The second kappa shape index (κ2) is 6.37. The fraction of sp³-hybridized carbons (Fsp3) is 0.545. The lowest BCUT2D eigenvalue weighted by Gasteiger charge is -2.11. The highest BCUT2D eigenvalue weighted by atomic mass is 16.5. The molecule has 1 unspecified atom stereocenters. The Hall–Kier alpha value is -1.13. The van der Waals surface area contributed by atoms with E-state index < -0.39 is 0 Å². The standard InChI is InChI=1S/C11H19N3O/c1-9(15-3)7-13-11-6-4-5-10(14-11)8-12-2/h4-6,9,12H,7-8H2,1-3H3,(H,13,14). The van der Waals surface area contributed by atoms with Crippen LogP contribution in [0.1, 0.15) is 12.6 Å². The van der Waals surface area contributed by atoms with Crippen LogP contribution in [0.2, 0.25) is 0 Å². The Morgan fingerprint density at radius 3 is 2.93 bits per heavy atom. The Morgan fingerprint density at radius 2 is 2.27 bits per heavy atom. The lowest BCUT2D eigenvalue weighted by Crippen LogP contribution is -2.19. The van der Waals surface area contributed by atoms with Crippen LogP contribution in [0, 0.1) is 0 Å². The summed E-state index contributed by atoms with van der Waals surface area (Å²) in [7, 11) is 3.62. The lowest BCUT2D eigenvalue weighted by molar-refractivity contribution is 0.128. The number of rotatable bonds is 6. The molecule has 0 amide bonds. The molecule has 0 fully saturated rings. The molecule has 0 bridgehead atoms. The largest absolute Gasteiger partial charge is 0.380 e. The Labute approximate surface area is 91.1 Å². The van der Waals surface area contributed by atoms with Crippen LogP contribution in [0.3, 0.4) is 0 Å². The molecule has 2 N–H and O–H groups in total. The number of nitrogens with one attached hydrogen (secondary N) is 2. The second-order valence-electron chi connectivity index (χ2n) is 3.47. The maximum absolute atomic E-state index is 5.15. The van der Waals surface area contributed by atoms with Gasteiger partial charge in [-0.05, 0) is 26.1 Å². The SMILES string of the molecule is CNCc1cccc(NCC(C)OC)n1. The Bertz CT molecular complexity index is 291. The third kappa shape index (κ3) is 4.27. The van der Waals surface area contributed by atoms with E-state index in [4.69, 9.17) is 4.74 Å². The number of aromatic nitrogens is 1. The minimum atomic E-state index is 0.194. The molecule has 0 spiro atoms. The van der Waals surface area contributed by atoms with Crippen LogP contribution in [-0.4, -0.2) is 31.8 Å². The minimum absolute atomic E-state index is 0.194. The van der Waals surface area contributed by atoms with Crippen molar-refractivity contribution in [3.8, 4) is 0 Å². The summed E-state index contributed by atoms with van der Waals surface area (Å²) in [6, 6.07) is 5.96. The van der Waals surface area contributed by atoms with Crippen molar-refractivity contribution in [3.63, 3.8) is 0 Å². The van der Waals surface area contributed by atoms with E-state index in [1.54, 1.807) is 7.11 Å². The summed E-state index contributed by atoms with van der Waals surface area (Å²) in [5, 5.41) is 6.30. The fourth-order valence-corrected chi connectivity index (χ4v) is 1.19. The Morgan fingerprint density at radius 1 is 1.47 bits per heavy atom. The van der Waals surface area contributed by atoms with E-state index in [-0.39, 0.29) is 6.10 Å². The van der Waals surface area contributed by atoms with Crippen molar-refractivity contribution in [2.24, 2.45) is 0 Å². The van der Waals surface area contributed by atoms with Crippen molar-refractivity contribution in [3.05, 3.63) is 23.9 Å². The summed E-state index contributed by atoms with van der Waals surface area (Å²) >= 11 is 0. The van der Waals surface area contributed by atoms with Crippen LogP contribution in [0.5, 0.6) is 0 Å². The first-order valence-electron chi connectivity index (χ1n) is 5.13. The van der Waals surface area contributed by atoms with Gasteiger partial charge in [-0.15, -0.1) is 0 Å². The molecule has 1 atom stereocenters. The maximum Gasteiger partial charge on any atom is 0.126 e. The highest BCUT2D eigenvalue weighted by Gasteiger charge is 2.00. The third-order valence-electron chi connectivity index (χ3n) is 2.14. The first kappa shape index (κ1) is 11.9. The van der Waals surface area contributed by atoms with Crippen molar-refractivity contribution in [1.29, 1.82) is 0 Å². The molecule has 0 saturated carbocycles. The van der Waals surface area contributed by atoms with Crippen molar-refractivity contribution < 1.29 is 4.74 Å². The molecule has 15 heavy (non-hydrogen) atoms. The van der Waals surface area contributed by atoms with Gasteiger partial charge in [0.05, 0.1) is 11.8 Å². The molecule has 4 nitrogen and oxygen atoms in total. The van der Waals surface area contributed by atoms with E-state index in [9.17, 15) is 0 Å². The smallest absolute Gasteiger partial charge is 0.126 e. The maximum atomic E-state index is 5.15. The number of methoxy groups -OCH3 is 1. The molecule has 0 aromatic carbocycles. The van der Waals surface area contributed by atoms with Gasteiger partial charge in [-0.3, -0.25) is 0 Å². The molecule has 0 saturated heterocycles. The zero-order valence-electron chi connectivity index (χ0n) is 9.58. The van der Waals surface area contributed by atoms with E-state index in [1.165, 1.54) is 0 Å². The van der Waals surface area contributed by atoms with Crippen molar-refractivity contribution in [1.82, 2.24) is 10.3 Å². The molecule has 4 heteroatoms. The summed E-state index contributed by atoms with van der Waals surface area (Å²) < 4.78 is 5.15. The summed E-state index contributed by atoms with van der Waals surface area (Å²) in [6.45, 7) is 3.58. The first-order chi connectivity index (χ1) is 7.26. The summed E-state index contributed by atoms with van der Waals surface area (Å²) in [4.78, 5) is 4.44. The Balaban J connectivity index is 2.50. The highest BCUT2D eigenvalue weighted by molar-refractivity contribution is 5.35. The molecule has 1 heterocycles. The van der Waals surface area contributed by atoms with Crippen LogP contribution in [0.4, 0.5) is 5.82 Å². The van der Waals surface area contributed by atoms with Gasteiger partial charge in [0.2, 0.25) is 0 Å². The number of hydrogen-bond acceptors (Lipinski definition) is 4. The highest BCUT2D eigenvalue weighted by Crippen LogP contribution is 2.04. The number of hydrogen-bond donors (Lipinski definition) is 2. The van der Waals surface area contributed by atoms with Crippen molar-refractivity contribution in [2.45, 2.75) is 19.6 Å². The number of pyridine rings is 1. The third-order valence-corrected chi connectivity index (χ3v) is 2.14. The Kier molecular flexibility index (Phi) is 5.07. The van der Waals surface area contributed by atoms with Gasteiger partial charge >= 0.3 is 0 Å². The van der Waals surface area contributed by atoms with Gasteiger partial charge in [0.1, 0.15) is 5.82 Å². The normalized spacial score (nSPS) is 12.5. The summed E-state index contributed by atoms with van der Waals surface area (Å²) in [5.74, 6) is 0.895. The molecule has 1 aromatic heterocycles. The average Bonchev–Trinajstić information content (AvgIpc) is 2.27. The van der Waals surface area contributed by atoms with Gasteiger partial charge in [-0.1, -0.05) is 6.07 Å². The molecule has 0 aliphatic rings. The van der Waals surface area contributed by atoms with Crippen LogP contribution < -0.4 is 10.6 Å². The van der Waals surface area contributed by atoms with Crippen molar-refractivity contribution in [2.75, 3.05) is 26.0 Å². The van der Waals surface area contributed by atoms with E-state index >= 15 is 0 Å². The monoisotopic (exact) mass is 209 g/mol. The van der Waals surface area contributed by atoms with Crippen LogP contribution in [-0.2, 0) is 11.3 Å². The zero-order chi connectivity index (χ0) is 11.1. The molecule has 84 valence electrons. The first-order valence-corrected chi connectivity index (χ1v) is 5.13. The molecule has 1 aromatic rings. The lowest BCUT2D eigenvalue weighted by atomic mass is 10.3. The van der Waals surface area contributed by atoms with Gasteiger partial charge in [-0.2, -0.15) is 0 Å². The van der Waals surface area contributed by atoms with Gasteiger partial charge in [0.25, 0.3) is 0 Å².